The van der Waals surface area contributed by atoms with Gasteiger partial charge in [-0.3, -0.25) is 0 Å². The van der Waals surface area contributed by atoms with Crippen LogP contribution in [-0.4, -0.2) is 44.0 Å². The average Bonchev–Trinajstić information content (AvgIpc) is 2.70. The highest BCUT2D eigenvalue weighted by molar-refractivity contribution is 5.75. The minimum absolute atomic E-state index is 0.0128. The van der Waals surface area contributed by atoms with E-state index >= 15 is 0 Å². The zero-order valence-corrected chi connectivity index (χ0v) is 18.8. The van der Waals surface area contributed by atoms with Crippen molar-refractivity contribution < 1.29 is 19.0 Å². The number of morpholine rings is 1. The highest BCUT2D eigenvalue weighted by atomic mass is 16.6. The Bertz CT molecular complexity index is 880. The molecule has 0 unspecified atom stereocenters. The van der Waals surface area contributed by atoms with Crippen LogP contribution in [0.1, 0.15) is 32.8 Å². The molecule has 1 fully saturated rings. The van der Waals surface area contributed by atoms with Crippen molar-refractivity contribution in [3.05, 3.63) is 48.0 Å². The molecule has 2 aromatic rings. The van der Waals surface area contributed by atoms with E-state index in [0.717, 1.165) is 29.3 Å². The van der Waals surface area contributed by atoms with Crippen LogP contribution in [0.2, 0.25) is 0 Å². The number of amides is 1. The Labute approximate surface area is 184 Å². The smallest absolute Gasteiger partial charge is 0.407 e. The summed E-state index contributed by atoms with van der Waals surface area (Å²) in [5, 5.41) is 2.80. The topological polar surface area (TPSA) is 86.0 Å². The van der Waals surface area contributed by atoms with Gasteiger partial charge in [0.25, 0.3) is 0 Å². The molecule has 0 bridgehead atoms. The fourth-order valence-electron chi connectivity index (χ4n) is 3.59. The quantitative estimate of drug-likeness (QED) is 0.661. The van der Waals surface area contributed by atoms with Crippen LogP contribution in [0.5, 0.6) is 11.5 Å². The standard InChI is InChI=1S/C24H33N3O4/c1-17-21(30-18-8-6-5-7-9-18)11-10-20(25)22(17)27-14-15-29-19(16-27)12-13-26-23(28)31-24(2,3)4/h5-11,19H,12-16,25H2,1-4H3,(H,26,28)/t19-/m1/s1. The first kappa shape index (κ1) is 22.7. The van der Waals surface area contributed by atoms with E-state index in [1.165, 1.54) is 0 Å². The van der Waals surface area contributed by atoms with Crippen LogP contribution in [0.25, 0.3) is 0 Å². The summed E-state index contributed by atoms with van der Waals surface area (Å²) in [4.78, 5) is 14.1. The van der Waals surface area contributed by atoms with E-state index in [4.69, 9.17) is 19.9 Å². The third-order valence-corrected chi connectivity index (χ3v) is 4.97. The number of carbonyl (C=O) groups is 1. The van der Waals surface area contributed by atoms with Gasteiger partial charge in [0.2, 0.25) is 0 Å². The minimum atomic E-state index is -0.510. The molecule has 0 saturated carbocycles. The van der Waals surface area contributed by atoms with Gasteiger partial charge in [0.15, 0.2) is 0 Å². The van der Waals surface area contributed by atoms with Crippen molar-refractivity contribution >= 4 is 17.5 Å². The largest absolute Gasteiger partial charge is 0.457 e. The van der Waals surface area contributed by atoms with Gasteiger partial charge in [-0.15, -0.1) is 0 Å². The zero-order valence-electron chi connectivity index (χ0n) is 18.8. The van der Waals surface area contributed by atoms with Crippen LogP contribution in [0, 0.1) is 6.92 Å². The van der Waals surface area contributed by atoms with E-state index in [-0.39, 0.29) is 6.10 Å². The van der Waals surface area contributed by atoms with Crippen molar-refractivity contribution in [3.8, 4) is 11.5 Å². The van der Waals surface area contributed by atoms with E-state index in [1.54, 1.807) is 0 Å². The van der Waals surface area contributed by atoms with Gasteiger partial charge in [-0.25, -0.2) is 4.79 Å². The predicted molar refractivity (Wildman–Crippen MR) is 123 cm³/mol. The molecule has 7 heteroatoms. The van der Waals surface area contributed by atoms with Gasteiger partial charge in [0, 0.05) is 25.2 Å². The van der Waals surface area contributed by atoms with Gasteiger partial charge in [-0.1, -0.05) is 18.2 Å². The molecule has 168 valence electrons. The lowest BCUT2D eigenvalue weighted by Gasteiger charge is -2.36. The third kappa shape index (κ3) is 6.52. The molecule has 0 aliphatic carbocycles. The fourth-order valence-corrected chi connectivity index (χ4v) is 3.59. The molecule has 1 aliphatic heterocycles. The van der Waals surface area contributed by atoms with E-state index in [1.807, 2.05) is 70.2 Å². The van der Waals surface area contributed by atoms with Crippen LogP contribution in [0.4, 0.5) is 16.2 Å². The summed E-state index contributed by atoms with van der Waals surface area (Å²) in [6, 6.07) is 13.5. The number of anilines is 2. The molecule has 0 spiro atoms. The maximum absolute atomic E-state index is 11.8. The lowest BCUT2D eigenvalue weighted by atomic mass is 10.1. The van der Waals surface area contributed by atoms with Gasteiger partial charge in [0.05, 0.1) is 24.1 Å². The maximum Gasteiger partial charge on any atom is 0.407 e. The number of alkyl carbamates (subject to hydrolysis) is 1. The Balaban J connectivity index is 1.63. The van der Waals surface area contributed by atoms with Crippen LogP contribution in [0.15, 0.2) is 42.5 Å². The molecule has 3 rings (SSSR count). The van der Waals surface area contributed by atoms with Crippen molar-refractivity contribution in [3.63, 3.8) is 0 Å². The molecular formula is C24H33N3O4. The summed E-state index contributed by atoms with van der Waals surface area (Å²) in [6.45, 7) is 10.1. The molecule has 7 nitrogen and oxygen atoms in total. The van der Waals surface area contributed by atoms with Crippen molar-refractivity contribution in [2.75, 3.05) is 36.9 Å². The van der Waals surface area contributed by atoms with Crippen LogP contribution in [-0.2, 0) is 9.47 Å². The summed E-state index contributed by atoms with van der Waals surface area (Å²) in [5.41, 5.74) is 8.52. The van der Waals surface area contributed by atoms with Gasteiger partial charge < -0.3 is 30.2 Å². The van der Waals surface area contributed by atoms with Gasteiger partial charge in [-0.2, -0.15) is 0 Å². The Morgan fingerprint density at radius 2 is 1.97 bits per heavy atom. The van der Waals surface area contributed by atoms with Crippen LogP contribution < -0.4 is 20.7 Å². The SMILES string of the molecule is Cc1c(Oc2ccccc2)ccc(N)c1N1CCO[C@H](CCNC(=O)OC(C)(C)C)C1. The predicted octanol–water partition coefficient (Wildman–Crippen LogP) is 4.49. The van der Waals surface area contributed by atoms with E-state index in [0.29, 0.717) is 31.8 Å². The summed E-state index contributed by atoms with van der Waals surface area (Å²) < 4.78 is 17.3. The number of hydrogen-bond acceptors (Lipinski definition) is 6. The number of rotatable bonds is 6. The van der Waals surface area contributed by atoms with Crippen molar-refractivity contribution in [1.82, 2.24) is 5.32 Å². The highest BCUT2D eigenvalue weighted by Crippen LogP contribution is 2.37. The number of para-hydroxylation sites is 1. The number of nitrogens with one attached hydrogen (secondary N) is 1. The first-order valence-electron chi connectivity index (χ1n) is 10.7. The van der Waals surface area contributed by atoms with E-state index in [9.17, 15) is 4.79 Å². The molecule has 0 aromatic heterocycles. The molecule has 1 amide bonds. The van der Waals surface area contributed by atoms with Crippen LogP contribution >= 0.6 is 0 Å². The second-order valence-electron chi connectivity index (χ2n) is 8.70. The summed E-state index contributed by atoms with van der Waals surface area (Å²) >= 11 is 0. The Morgan fingerprint density at radius 3 is 2.68 bits per heavy atom. The molecule has 1 saturated heterocycles. The lowest BCUT2D eigenvalue weighted by Crippen LogP contribution is -2.44. The minimum Gasteiger partial charge on any atom is -0.457 e. The summed E-state index contributed by atoms with van der Waals surface area (Å²) in [7, 11) is 0. The van der Waals surface area contributed by atoms with E-state index < -0.39 is 11.7 Å². The molecule has 2 aromatic carbocycles. The number of nitrogen functional groups attached to an aromatic ring is 1. The number of benzene rings is 2. The second-order valence-corrected chi connectivity index (χ2v) is 8.70. The second kappa shape index (κ2) is 9.92. The maximum atomic E-state index is 11.8. The first-order chi connectivity index (χ1) is 14.7. The van der Waals surface area contributed by atoms with Crippen LogP contribution in [0.3, 0.4) is 0 Å². The number of hydrogen-bond donors (Lipinski definition) is 2. The monoisotopic (exact) mass is 427 g/mol. The zero-order chi connectivity index (χ0) is 22.4. The number of nitrogens with two attached hydrogens (primary N) is 1. The van der Waals surface area contributed by atoms with Crippen molar-refractivity contribution in [2.24, 2.45) is 0 Å². The van der Waals surface area contributed by atoms with Gasteiger partial charge in [0.1, 0.15) is 17.1 Å². The fraction of sp³-hybridized carbons (Fsp3) is 0.458. The average molecular weight is 428 g/mol. The number of ether oxygens (including phenoxy) is 3. The lowest BCUT2D eigenvalue weighted by molar-refractivity contribution is 0.0320. The molecule has 1 atom stereocenters. The normalized spacial score (nSPS) is 16.6. The number of nitrogens with zero attached hydrogens (tertiary/aromatic N) is 1. The molecule has 0 radical (unpaired) electrons. The van der Waals surface area contributed by atoms with E-state index in [2.05, 4.69) is 10.2 Å². The molecule has 1 aliphatic rings. The summed E-state index contributed by atoms with van der Waals surface area (Å²) in [6.07, 6.45) is 0.265. The highest BCUT2D eigenvalue weighted by Gasteiger charge is 2.25. The number of carbonyl (C=O) groups excluding carboxylic acids is 1. The Kier molecular flexibility index (Phi) is 7.28. The van der Waals surface area contributed by atoms with Gasteiger partial charge in [-0.05, 0) is 58.4 Å². The Hall–Kier alpha value is -2.93. The van der Waals surface area contributed by atoms with Crippen molar-refractivity contribution in [1.29, 1.82) is 0 Å². The molecule has 3 N–H and O–H groups in total. The summed E-state index contributed by atoms with van der Waals surface area (Å²) in [5.74, 6) is 1.57. The van der Waals surface area contributed by atoms with Gasteiger partial charge >= 0.3 is 6.09 Å². The molecule has 31 heavy (non-hydrogen) atoms. The third-order valence-electron chi connectivity index (χ3n) is 4.97. The Morgan fingerprint density at radius 1 is 1.23 bits per heavy atom. The molecule has 1 heterocycles. The van der Waals surface area contributed by atoms with Crippen molar-refractivity contribution in [2.45, 2.75) is 45.8 Å². The first-order valence-corrected chi connectivity index (χ1v) is 10.7. The molecular weight excluding hydrogens is 394 g/mol.